The molecule has 0 aliphatic carbocycles. The highest BCUT2D eigenvalue weighted by Crippen LogP contribution is 2.17. The molecular weight excluding hydrogens is 284 g/mol. The number of methoxy groups -OCH3 is 1. The Hall–Kier alpha value is -2.15. The molecule has 120 valence electrons. The second-order valence-corrected chi connectivity index (χ2v) is 5.87. The van der Waals surface area contributed by atoms with Gasteiger partial charge >= 0.3 is 0 Å². The first kappa shape index (κ1) is 17.2. The molecule has 0 N–H and O–H groups in total. The van der Waals surface area contributed by atoms with E-state index in [1.807, 2.05) is 24.3 Å². The van der Waals surface area contributed by atoms with E-state index in [4.69, 9.17) is 10.00 Å². The molecule has 2 rings (SSSR count). The van der Waals surface area contributed by atoms with E-state index in [0.29, 0.717) is 12.2 Å². The van der Waals surface area contributed by atoms with Gasteiger partial charge in [0.15, 0.2) is 0 Å². The number of nitriles is 1. The van der Waals surface area contributed by atoms with Crippen LogP contribution in [0.1, 0.15) is 27.8 Å². The van der Waals surface area contributed by atoms with Crippen molar-refractivity contribution in [1.29, 1.82) is 5.26 Å². The van der Waals surface area contributed by atoms with Gasteiger partial charge in [0.25, 0.3) is 0 Å². The number of hydrogen-bond acceptors (Lipinski definition) is 3. The van der Waals surface area contributed by atoms with E-state index in [1.165, 1.54) is 22.3 Å². The molecule has 0 aromatic heterocycles. The number of rotatable bonds is 7. The van der Waals surface area contributed by atoms with Crippen molar-refractivity contribution in [2.24, 2.45) is 0 Å². The van der Waals surface area contributed by atoms with Crippen LogP contribution in [-0.4, -0.2) is 25.2 Å². The van der Waals surface area contributed by atoms with Crippen molar-refractivity contribution in [3.63, 3.8) is 0 Å². The molecular formula is C20H24N2O. The molecule has 3 nitrogen and oxygen atoms in total. The first-order valence-corrected chi connectivity index (χ1v) is 7.89. The normalized spacial score (nSPS) is 10.7. The van der Waals surface area contributed by atoms with Crippen molar-refractivity contribution >= 4 is 0 Å². The summed E-state index contributed by atoms with van der Waals surface area (Å²) < 4.78 is 5.25. The summed E-state index contributed by atoms with van der Waals surface area (Å²) in [5.74, 6) is 0. The Bertz CT molecular complexity index is 671. The Balaban J connectivity index is 2.12. The molecule has 2 aromatic rings. The lowest BCUT2D eigenvalue weighted by molar-refractivity contribution is 0.140. The van der Waals surface area contributed by atoms with Crippen molar-refractivity contribution in [2.75, 3.05) is 20.3 Å². The molecule has 3 heteroatoms. The zero-order valence-electron chi connectivity index (χ0n) is 14.2. The van der Waals surface area contributed by atoms with Crippen LogP contribution in [0.5, 0.6) is 0 Å². The SMILES string of the molecule is COCCN(Cc1ccc(C#N)cc1)Cc1cccc(C)c1C. The van der Waals surface area contributed by atoms with Crippen molar-refractivity contribution < 1.29 is 4.74 Å². The quantitative estimate of drug-likeness (QED) is 0.780. The van der Waals surface area contributed by atoms with Gasteiger partial charge in [-0.3, -0.25) is 4.90 Å². The predicted molar refractivity (Wildman–Crippen MR) is 93.1 cm³/mol. The minimum atomic E-state index is 0.701. The Morgan fingerprint density at radius 2 is 1.78 bits per heavy atom. The van der Waals surface area contributed by atoms with Crippen molar-refractivity contribution in [2.45, 2.75) is 26.9 Å². The topological polar surface area (TPSA) is 36.3 Å². The maximum atomic E-state index is 8.90. The van der Waals surface area contributed by atoms with Crippen LogP contribution >= 0.6 is 0 Å². The summed E-state index contributed by atoms with van der Waals surface area (Å²) in [6, 6.07) is 16.4. The third-order valence-corrected chi connectivity index (χ3v) is 4.21. The van der Waals surface area contributed by atoms with E-state index in [2.05, 4.69) is 43.0 Å². The van der Waals surface area contributed by atoms with Gasteiger partial charge in [-0.15, -0.1) is 0 Å². The van der Waals surface area contributed by atoms with Crippen LogP contribution in [0.4, 0.5) is 0 Å². The van der Waals surface area contributed by atoms with Gasteiger partial charge in [0.1, 0.15) is 0 Å². The average Bonchev–Trinajstić information content (AvgIpc) is 2.57. The molecule has 0 bridgehead atoms. The van der Waals surface area contributed by atoms with Crippen molar-refractivity contribution in [1.82, 2.24) is 4.90 Å². The maximum absolute atomic E-state index is 8.90. The summed E-state index contributed by atoms with van der Waals surface area (Å²) in [5.41, 5.74) is 5.95. The van der Waals surface area contributed by atoms with Crippen molar-refractivity contribution in [3.05, 3.63) is 70.3 Å². The van der Waals surface area contributed by atoms with E-state index in [9.17, 15) is 0 Å². The molecule has 0 fully saturated rings. The summed E-state index contributed by atoms with van der Waals surface area (Å²) in [6.45, 7) is 7.67. The second-order valence-electron chi connectivity index (χ2n) is 5.87. The minimum Gasteiger partial charge on any atom is -0.383 e. The molecule has 0 heterocycles. The molecule has 0 aliphatic heterocycles. The van der Waals surface area contributed by atoms with Crippen molar-refractivity contribution in [3.8, 4) is 6.07 Å². The fourth-order valence-electron chi connectivity index (χ4n) is 2.60. The third-order valence-electron chi connectivity index (χ3n) is 4.21. The molecule has 0 aliphatic rings. The van der Waals surface area contributed by atoms with Crippen LogP contribution in [-0.2, 0) is 17.8 Å². The fourth-order valence-corrected chi connectivity index (χ4v) is 2.60. The Morgan fingerprint density at radius 1 is 1.04 bits per heavy atom. The fraction of sp³-hybridized carbons (Fsp3) is 0.350. The van der Waals surface area contributed by atoms with Gasteiger partial charge in [0, 0.05) is 26.7 Å². The van der Waals surface area contributed by atoms with Crippen LogP contribution in [0, 0.1) is 25.2 Å². The van der Waals surface area contributed by atoms with Crippen LogP contribution in [0.25, 0.3) is 0 Å². The minimum absolute atomic E-state index is 0.701. The molecule has 0 amide bonds. The van der Waals surface area contributed by atoms with Crippen LogP contribution in [0.2, 0.25) is 0 Å². The summed E-state index contributed by atoms with van der Waals surface area (Å²) in [7, 11) is 1.73. The van der Waals surface area contributed by atoms with Gasteiger partial charge in [-0.2, -0.15) is 5.26 Å². The monoisotopic (exact) mass is 308 g/mol. The second kappa shape index (κ2) is 8.47. The molecule has 0 unspecified atom stereocenters. The smallest absolute Gasteiger partial charge is 0.0991 e. The lowest BCUT2D eigenvalue weighted by Crippen LogP contribution is -2.27. The highest BCUT2D eigenvalue weighted by Gasteiger charge is 2.10. The lowest BCUT2D eigenvalue weighted by atomic mass is 10.0. The lowest BCUT2D eigenvalue weighted by Gasteiger charge is -2.23. The van der Waals surface area contributed by atoms with Crippen LogP contribution in [0.3, 0.4) is 0 Å². The number of benzene rings is 2. The first-order chi connectivity index (χ1) is 11.1. The number of aryl methyl sites for hydroxylation is 1. The highest BCUT2D eigenvalue weighted by atomic mass is 16.5. The molecule has 23 heavy (non-hydrogen) atoms. The van der Waals surface area contributed by atoms with Gasteiger partial charge < -0.3 is 4.74 Å². The molecule has 0 spiro atoms. The summed E-state index contributed by atoms with van der Waals surface area (Å²) in [5, 5.41) is 8.90. The maximum Gasteiger partial charge on any atom is 0.0991 e. The van der Waals surface area contributed by atoms with E-state index in [1.54, 1.807) is 7.11 Å². The highest BCUT2D eigenvalue weighted by molar-refractivity contribution is 5.34. The van der Waals surface area contributed by atoms with E-state index < -0.39 is 0 Å². The Kier molecular flexibility index (Phi) is 6.34. The summed E-state index contributed by atoms with van der Waals surface area (Å²) in [4.78, 5) is 2.38. The Labute approximate surface area is 139 Å². The Morgan fingerprint density at radius 3 is 2.43 bits per heavy atom. The van der Waals surface area contributed by atoms with E-state index >= 15 is 0 Å². The molecule has 0 saturated carbocycles. The van der Waals surface area contributed by atoms with Gasteiger partial charge in [-0.1, -0.05) is 30.3 Å². The third kappa shape index (κ3) is 4.92. The van der Waals surface area contributed by atoms with Gasteiger partial charge in [-0.05, 0) is 48.2 Å². The standard InChI is InChI=1S/C20H24N2O/c1-16-5-4-6-20(17(16)2)15-22(11-12-23-3)14-19-9-7-18(13-21)8-10-19/h4-10H,11-12,14-15H2,1-3H3. The summed E-state index contributed by atoms with van der Waals surface area (Å²) >= 11 is 0. The average molecular weight is 308 g/mol. The largest absolute Gasteiger partial charge is 0.383 e. The van der Waals surface area contributed by atoms with Crippen LogP contribution in [0.15, 0.2) is 42.5 Å². The number of nitrogens with zero attached hydrogens (tertiary/aromatic N) is 2. The van der Waals surface area contributed by atoms with E-state index in [0.717, 1.165) is 19.6 Å². The molecule has 2 aromatic carbocycles. The number of ether oxygens (including phenoxy) is 1. The van der Waals surface area contributed by atoms with E-state index in [-0.39, 0.29) is 0 Å². The molecule has 0 atom stereocenters. The number of hydrogen-bond donors (Lipinski definition) is 0. The summed E-state index contributed by atoms with van der Waals surface area (Å²) in [6.07, 6.45) is 0. The zero-order chi connectivity index (χ0) is 16.7. The van der Waals surface area contributed by atoms with Gasteiger partial charge in [0.2, 0.25) is 0 Å². The molecule has 0 radical (unpaired) electrons. The zero-order valence-corrected chi connectivity index (χ0v) is 14.2. The van der Waals surface area contributed by atoms with Crippen LogP contribution < -0.4 is 0 Å². The molecule has 0 saturated heterocycles. The van der Waals surface area contributed by atoms with Gasteiger partial charge in [-0.25, -0.2) is 0 Å². The first-order valence-electron chi connectivity index (χ1n) is 7.89. The van der Waals surface area contributed by atoms with Gasteiger partial charge in [0.05, 0.1) is 18.2 Å². The predicted octanol–water partition coefficient (Wildman–Crippen LogP) is 3.82.